The molecule has 3 aliphatic heterocycles. The molecule has 3 aliphatic rings. The predicted molar refractivity (Wildman–Crippen MR) is 305 cm³/mol. The van der Waals surface area contributed by atoms with Gasteiger partial charge < -0.3 is 67.5 Å². The van der Waals surface area contributed by atoms with Crippen LogP contribution in [0.25, 0.3) is 0 Å². The number of benzene rings is 2. The van der Waals surface area contributed by atoms with Crippen molar-refractivity contribution >= 4 is 65.0 Å². The molecule has 10 amide bonds. The van der Waals surface area contributed by atoms with E-state index >= 15 is 0 Å². The molecular formula is C59H82N12O13. The van der Waals surface area contributed by atoms with Gasteiger partial charge in [0.1, 0.15) is 60.4 Å². The van der Waals surface area contributed by atoms with Crippen molar-refractivity contribution in [2.24, 2.45) is 17.8 Å². The van der Waals surface area contributed by atoms with Crippen molar-refractivity contribution in [1.29, 1.82) is 0 Å². The Hall–Kier alpha value is -8.22. The van der Waals surface area contributed by atoms with E-state index < -0.39 is 144 Å². The third kappa shape index (κ3) is 18.1. The number of fused-ring (bicyclic) bond motifs is 2. The Balaban J connectivity index is 1.41. The number of aromatic amines is 1. The second kappa shape index (κ2) is 30.4. The van der Waals surface area contributed by atoms with E-state index in [0.717, 1.165) is 0 Å². The summed E-state index contributed by atoms with van der Waals surface area (Å²) in [6, 6.07) is 3.39. The van der Waals surface area contributed by atoms with Crippen molar-refractivity contribution in [3.05, 3.63) is 90.0 Å². The van der Waals surface area contributed by atoms with Gasteiger partial charge in [-0.2, -0.15) is 0 Å². The van der Waals surface area contributed by atoms with E-state index in [1.807, 2.05) is 13.8 Å². The highest BCUT2D eigenvalue weighted by atomic mass is 16.4. The smallest absolute Gasteiger partial charge is 0.305 e. The summed E-state index contributed by atoms with van der Waals surface area (Å²) < 4.78 is 0. The molecule has 0 bridgehead atoms. The Morgan fingerprint density at radius 2 is 0.917 bits per heavy atom. The third-order valence-electron chi connectivity index (χ3n) is 15.1. The second-order valence-corrected chi connectivity index (χ2v) is 23.2. The van der Waals surface area contributed by atoms with Crippen LogP contribution >= 0.6 is 0 Å². The maximum absolute atomic E-state index is 14.9. The van der Waals surface area contributed by atoms with E-state index in [2.05, 4.69) is 52.5 Å². The molecule has 3 saturated heterocycles. The van der Waals surface area contributed by atoms with Crippen LogP contribution in [-0.2, 0) is 72.0 Å². The average Bonchev–Trinajstić information content (AvgIpc) is 3.90. The number of carboxylic acids is 1. The number of aliphatic hydroxyl groups is 1. The predicted octanol–water partition coefficient (Wildman–Crippen LogP) is -0.0847. The van der Waals surface area contributed by atoms with Crippen LogP contribution in [0.4, 0.5) is 0 Å². The van der Waals surface area contributed by atoms with Gasteiger partial charge in [-0.05, 0) is 74.3 Å². The number of aliphatic carboxylic acids is 1. The van der Waals surface area contributed by atoms with Crippen molar-refractivity contribution in [1.82, 2.24) is 62.3 Å². The summed E-state index contributed by atoms with van der Waals surface area (Å²) in [7, 11) is 0. The van der Waals surface area contributed by atoms with Crippen LogP contribution in [0.1, 0.15) is 110 Å². The summed E-state index contributed by atoms with van der Waals surface area (Å²) in [4.78, 5) is 167. The standard InChI is InChI=1S/C59H82N12O13/c1-32(2)24-39-50(75)66-44(27-37-18-12-9-13-19-37)59(84)71-23-15-21-46(71)55(80)69-49(35(7)72)57(82)65-42(29-47(73)74)53(78)63-40(25-33(3)4)51(76)67-43(26-36-16-10-8-11-17-36)58(83)70-22-14-20-45(70)54(79)68-48(34(5)6)56(81)64-41(52(77)62-39)28-38-30-60-31-61-38/h8-13,16-19,30-35,39-46,48-49,72H,14-15,20-29H2,1-7H3,(H,60,61)(H,62,77)(H,63,78)(H,64,81)(H,65,82)(H,66,75)(H,67,76)(H,68,79)(H,69,80)(H,73,74)/t35-,39+,40+,41+,42+,43-,44-,45+,46+,48+,49+/m1/s1. The minimum atomic E-state index is -1.88. The van der Waals surface area contributed by atoms with Crippen molar-refractivity contribution in [3.8, 4) is 0 Å². The first-order valence-corrected chi connectivity index (χ1v) is 28.9. The molecular weight excluding hydrogens is 1080 g/mol. The topological polar surface area (TPSA) is 360 Å². The molecule has 11 atom stereocenters. The Morgan fingerprint density at radius 1 is 0.512 bits per heavy atom. The number of imidazole rings is 1. The molecule has 3 aromatic rings. The normalized spacial score (nSPS) is 26.5. The van der Waals surface area contributed by atoms with Gasteiger partial charge in [0.25, 0.3) is 0 Å². The van der Waals surface area contributed by atoms with E-state index in [0.29, 0.717) is 29.7 Å². The lowest BCUT2D eigenvalue weighted by Crippen LogP contribution is -2.63. The third-order valence-corrected chi connectivity index (χ3v) is 15.1. The van der Waals surface area contributed by atoms with Gasteiger partial charge >= 0.3 is 5.97 Å². The lowest BCUT2D eigenvalue weighted by molar-refractivity contribution is -0.144. The Morgan fingerprint density at radius 3 is 1.33 bits per heavy atom. The molecule has 84 heavy (non-hydrogen) atoms. The Bertz CT molecular complexity index is 2800. The zero-order valence-corrected chi connectivity index (χ0v) is 48.7. The number of nitrogens with one attached hydrogen (secondary N) is 9. The van der Waals surface area contributed by atoms with Crippen molar-refractivity contribution in [2.75, 3.05) is 13.1 Å². The minimum absolute atomic E-state index is 0.0350. The first-order valence-electron chi connectivity index (χ1n) is 28.9. The number of aromatic nitrogens is 2. The molecule has 0 unspecified atom stereocenters. The van der Waals surface area contributed by atoms with Gasteiger partial charge in [0, 0.05) is 44.2 Å². The van der Waals surface area contributed by atoms with Crippen molar-refractivity contribution < 1.29 is 63.0 Å². The molecule has 6 rings (SSSR count). The van der Waals surface area contributed by atoms with E-state index in [1.54, 1.807) is 88.4 Å². The van der Waals surface area contributed by atoms with Crippen LogP contribution < -0.4 is 42.5 Å². The van der Waals surface area contributed by atoms with E-state index in [1.165, 1.54) is 29.2 Å². The lowest BCUT2D eigenvalue weighted by Gasteiger charge is -2.32. The molecule has 0 aliphatic carbocycles. The van der Waals surface area contributed by atoms with Crippen LogP contribution in [0.15, 0.2) is 73.2 Å². The van der Waals surface area contributed by atoms with Crippen molar-refractivity contribution in [3.63, 3.8) is 0 Å². The molecule has 25 heteroatoms. The number of aliphatic hydroxyl groups excluding tert-OH is 1. The number of carbonyl (C=O) groups excluding carboxylic acids is 10. The first-order chi connectivity index (χ1) is 39.9. The highest BCUT2D eigenvalue weighted by Gasteiger charge is 2.44. The van der Waals surface area contributed by atoms with Gasteiger partial charge in [-0.3, -0.25) is 52.7 Å². The lowest BCUT2D eigenvalue weighted by atomic mass is 9.99. The zero-order chi connectivity index (χ0) is 61.4. The minimum Gasteiger partial charge on any atom is -0.481 e. The Labute approximate surface area is 488 Å². The maximum atomic E-state index is 14.9. The summed E-state index contributed by atoms with van der Waals surface area (Å²) in [5.41, 5.74) is 1.70. The molecule has 456 valence electrons. The zero-order valence-electron chi connectivity index (χ0n) is 48.7. The fourth-order valence-corrected chi connectivity index (χ4v) is 10.8. The molecule has 1 aromatic heterocycles. The second-order valence-electron chi connectivity index (χ2n) is 23.2. The number of hydrogen-bond donors (Lipinski definition) is 11. The van der Waals surface area contributed by atoms with Gasteiger partial charge in [0.05, 0.1) is 18.9 Å². The SMILES string of the molecule is CC(C)C[C@@H]1NC(=O)[C@H](CC(=O)O)NC(=O)[C@H]([C@@H](C)O)NC(=O)[C@@H]2CCCN2C(=O)[C@@H](Cc2ccccc2)NC(=O)[C@H](CC(C)C)NC(=O)[C@H](Cc2cnc[nH]2)NC(=O)[C@H](C(C)C)NC(=O)[C@@H]2CCCN2C(=O)[C@@H](Cc2ccccc2)NC1=O. The molecule has 0 saturated carbocycles. The van der Waals surface area contributed by atoms with Gasteiger partial charge in [-0.15, -0.1) is 0 Å². The fraction of sp³-hybridized carbons (Fsp3) is 0.559. The van der Waals surface area contributed by atoms with E-state index in [4.69, 9.17) is 0 Å². The highest BCUT2D eigenvalue weighted by molar-refractivity contribution is 6.00. The number of nitrogens with zero attached hydrogens (tertiary/aromatic N) is 3. The molecule has 0 spiro atoms. The van der Waals surface area contributed by atoms with Crippen LogP contribution in [0.2, 0.25) is 0 Å². The molecule has 25 nitrogen and oxygen atoms in total. The number of carboxylic acid groups (broad SMARTS) is 1. The highest BCUT2D eigenvalue weighted by Crippen LogP contribution is 2.23. The summed E-state index contributed by atoms with van der Waals surface area (Å²) in [6.45, 7) is 11.8. The first kappa shape index (κ1) is 64.9. The summed E-state index contributed by atoms with van der Waals surface area (Å²) in [6.07, 6.45) is 0.909. The van der Waals surface area contributed by atoms with E-state index in [-0.39, 0.29) is 69.9 Å². The van der Waals surface area contributed by atoms with E-state index in [9.17, 15) is 63.0 Å². The number of rotatable bonds is 14. The summed E-state index contributed by atoms with van der Waals surface area (Å²) >= 11 is 0. The number of carbonyl (C=O) groups is 11. The van der Waals surface area contributed by atoms with Crippen LogP contribution in [0.3, 0.4) is 0 Å². The number of H-pyrrole nitrogens is 1. The van der Waals surface area contributed by atoms with Crippen LogP contribution in [0, 0.1) is 17.8 Å². The Kier molecular flexibility index (Phi) is 23.5. The fourth-order valence-electron chi connectivity index (χ4n) is 10.8. The molecule has 0 radical (unpaired) electrons. The molecule has 2 aromatic carbocycles. The van der Waals surface area contributed by atoms with Crippen molar-refractivity contribution in [2.45, 2.75) is 179 Å². The van der Waals surface area contributed by atoms with Gasteiger partial charge in [0.2, 0.25) is 59.1 Å². The molecule has 3 fully saturated rings. The monoisotopic (exact) mass is 1170 g/mol. The summed E-state index contributed by atoms with van der Waals surface area (Å²) in [5, 5.41) is 42.4. The van der Waals surface area contributed by atoms with Gasteiger partial charge in [0.15, 0.2) is 0 Å². The maximum Gasteiger partial charge on any atom is 0.305 e. The quantitative estimate of drug-likeness (QED) is 0.101. The average molecular weight is 1170 g/mol. The van der Waals surface area contributed by atoms with Crippen LogP contribution in [0.5, 0.6) is 0 Å². The number of hydrogen-bond acceptors (Lipinski definition) is 13. The number of amides is 10. The molecule has 11 N–H and O–H groups in total. The molecule has 4 heterocycles. The summed E-state index contributed by atoms with van der Waals surface area (Å²) in [5.74, 6) is -10.9. The van der Waals surface area contributed by atoms with Gasteiger partial charge in [-0.1, -0.05) is 102 Å². The van der Waals surface area contributed by atoms with Crippen LogP contribution in [-0.4, -0.2) is 175 Å². The van der Waals surface area contributed by atoms with Gasteiger partial charge in [-0.25, -0.2) is 4.98 Å². The largest absolute Gasteiger partial charge is 0.481 e.